The summed E-state index contributed by atoms with van der Waals surface area (Å²) >= 11 is 0.754. The summed E-state index contributed by atoms with van der Waals surface area (Å²) in [5.74, 6) is -1.24. The number of imide groups is 1. The van der Waals surface area contributed by atoms with Gasteiger partial charge in [0, 0.05) is 17.1 Å². The molecule has 1 aliphatic heterocycles. The van der Waals surface area contributed by atoms with Gasteiger partial charge in [-0.05, 0) is 67.6 Å². The highest BCUT2D eigenvalue weighted by Gasteiger charge is 2.36. The Morgan fingerprint density at radius 3 is 2.40 bits per heavy atom. The number of rotatable bonds is 5. The van der Waals surface area contributed by atoms with E-state index in [0.29, 0.717) is 5.56 Å². The van der Waals surface area contributed by atoms with Crippen LogP contribution in [0, 0.1) is 13.8 Å². The lowest BCUT2D eigenvalue weighted by Gasteiger charge is -2.10. The van der Waals surface area contributed by atoms with Crippen LogP contribution in [-0.2, 0) is 24.3 Å². The average Bonchev–Trinajstić information content (AvgIpc) is 3.10. The fourth-order valence-electron chi connectivity index (χ4n) is 3.09. The summed E-state index contributed by atoms with van der Waals surface area (Å²) in [6, 6.07) is 7.95. The number of ether oxygens (including phenoxy) is 1. The van der Waals surface area contributed by atoms with Gasteiger partial charge in [-0.15, -0.1) is 0 Å². The van der Waals surface area contributed by atoms with Crippen molar-refractivity contribution in [2.45, 2.75) is 18.7 Å². The Kier molecular flexibility index (Phi) is 5.88. The molecule has 2 heterocycles. The number of esters is 1. The number of aromatic nitrogens is 1. The highest BCUT2D eigenvalue weighted by molar-refractivity contribution is 8.18. The van der Waals surface area contributed by atoms with Crippen molar-refractivity contribution in [1.29, 1.82) is 0 Å². The van der Waals surface area contributed by atoms with Gasteiger partial charge in [-0.3, -0.25) is 19.3 Å². The minimum Gasteiger partial charge on any atom is -0.468 e. The number of sulfonamides is 1. The molecule has 2 amide bonds. The van der Waals surface area contributed by atoms with E-state index in [1.54, 1.807) is 18.2 Å². The summed E-state index contributed by atoms with van der Waals surface area (Å²) in [6.07, 6.45) is 1.60. The van der Waals surface area contributed by atoms with Crippen molar-refractivity contribution in [3.8, 4) is 5.69 Å². The lowest BCUT2D eigenvalue weighted by molar-refractivity contribution is -0.143. The normalized spacial score (nSPS) is 15.9. The van der Waals surface area contributed by atoms with E-state index in [1.165, 1.54) is 19.2 Å². The molecule has 0 atom stereocenters. The molecule has 30 heavy (non-hydrogen) atoms. The second kappa shape index (κ2) is 8.09. The smallest absolute Gasteiger partial charge is 0.325 e. The third-order valence-electron chi connectivity index (χ3n) is 4.57. The molecule has 0 saturated carbocycles. The van der Waals surface area contributed by atoms with Crippen LogP contribution in [0.5, 0.6) is 0 Å². The molecule has 9 nitrogen and oxygen atoms in total. The number of aryl methyl sites for hydroxylation is 1. The van der Waals surface area contributed by atoms with Gasteiger partial charge in [0.15, 0.2) is 0 Å². The fourth-order valence-corrected chi connectivity index (χ4v) is 4.43. The molecule has 0 radical (unpaired) electrons. The number of hydrogen-bond acceptors (Lipinski definition) is 7. The molecule has 1 fully saturated rings. The summed E-state index contributed by atoms with van der Waals surface area (Å²) in [5.41, 5.74) is 3.06. The van der Waals surface area contributed by atoms with E-state index in [2.05, 4.69) is 4.74 Å². The Morgan fingerprint density at radius 2 is 1.83 bits per heavy atom. The van der Waals surface area contributed by atoms with Crippen LogP contribution >= 0.6 is 11.8 Å². The van der Waals surface area contributed by atoms with Crippen LogP contribution in [0.4, 0.5) is 4.79 Å². The van der Waals surface area contributed by atoms with E-state index in [-0.39, 0.29) is 9.80 Å². The number of amides is 2. The SMILES string of the molecule is COC(=O)CN1C(=O)S/C(=C/c2cc(C)n(-c3ccc(S(N)(=O)=O)cc3)c2C)C1=O. The van der Waals surface area contributed by atoms with Crippen LogP contribution in [0.2, 0.25) is 0 Å². The Balaban J connectivity index is 1.94. The van der Waals surface area contributed by atoms with E-state index < -0.39 is 33.7 Å². The molecule has 1 aliphatic rings. The van der Waals surface area contributed by atoms with Crippen LogP contribution in [0.15, 0.2) is 40.1 Å². The van der Waals surface area contributed by atoms with Crippen LogP contribution < -0.4 is 5.14 Å². The summed E-state index contributed by atoms with van der Waals surface area (Å²) in [7, 11) is -2.61. The summed E-state index contributed by atoms with van der Waals surface area (Å²) in [4.78, 5) is 37.1. The Bertz CT molecular complexity index is 1180. The van der Waals surface area contributed by atoms with Gasteiger partial charge >= 0.3 is 5.97 Å². The average molecular weight is 450 g/mol. The number of nitrogens with zero attached hydrogens (tertiary/aromatic N) is 2. The van der Waals surface area contributed by atoms with Crippen LogP contribution in [0.3, 0.4) is 0 Å². The topological polar surface area (TPSA) is 129 Å². The van der Waals surface area contributed by atoms with E-state index in [4.69, 9.17) is 5.14 Å². The first-order valence-corrected chi connectivity index (χ1v) is 11.0. The number of carbonyl (C=O) groups excluding carboxylic acids is 3. The number of primary sulfonamides is 1. The third kappa shape index (κ3) is 4.18. The largest absolute Gasteiger partial charge is 0.468 e. The molecule has 0 bridgehead atoms. The van der Waals surface area contributed by atoms with Gasteiger partial charge in [0.05, 0.1) is 16.9 Å². The number of benzene rings is 1. The molecule has 11 heteroatoms. The molecule has 1 saturated heterocycles. The molecule has 0 aliphatic carbocycles. The van der Waals surface area contributed by atoms with Gasteiger partial charge in [-0.2, -0.15) is 0 Å². The van der Waals surface area contributed by atoms with Gasteiger partial charge in [-0.25, -0.2) is 13.6 Å². The van der Waals surface area contributed by atoms with Crippen molar-refractivity contribution in [2.24, 2.45) is 5.14 Å². The first-order chi connectivity index (χ1) is 14.0. The monoisotopic (exact) mass is 449 g/mol. The van der Waals surface area contributed by atoms with Gasteiger partial charge in [0.1, 0.15) is 6.54 Å². The zero-order valence-electron chi connectivity index (χ0n) is 16.4. The second-order valence-corrected chi connectivity index (χ2v) is 9.10. The second-order valence-electron chi connectivity index (χ2n) is 6.54. The van der Waals surface area contributed by atoms with Crippen molar-refractivity contribution in [3.05, 3.63) is 52.2 Å². The van der Waals surface area contributed by atoms with E-state index >= 15 is 0 Å². The van der Waals surface area contributed by atoms with Gasteiger partial charge in [-0.1, -0.05) is 0 Å². The summed E-state index contributed by atoms with van der Waals surface area (Å²) in [6.45, 7) is 3.26. The number of nitrogens with two attached hydrogens (primary N) is 1. The van der Waals surface area contributed by atoms with Crippen molar-refractivity contribution in [3.63, 3.8) is 0 Å². The van der Waals surface area contributed by atoms with Gasteiger partial charge in [0.25, 0.3) is 11.1 Å². The number of thioether (sulfide) groups is 1. The highest BCUT2D eigenvalue weighted by atomic mass is 32.2. The van der Waals surface area contributed by atoms with Crippen LogP contribution in [-0.4, -0.2) is 48.7 Å². The predicted octanol–water partition coefficient (Wildman–Crippen LogP) is 1.95. The van der Waals surface area contributed by atoms with E-state index in [1.807, 2.05) is 24.5 Å². The molecular weight excluding hydrogens is 430 g/mol. The lowest BCUT2D eigenvalue weighted by Crippen LogP contribution is -2.34. The predicted molar refractivity (Wildman–Crippen MR) is 111 cm³/mol. The minimum absolute atomic E-state index is 0.00761. The Morgan fingerprint density at radius 1 is 1.20 bits per heavy atom. The molecule has 0 unspecified atom stereocenters. The molecular formula is C19H19N3O6S2. The Hall–Kier alpha value is -2.89. The first kappa shape index (κ1) is 21.8. The molecule has 3 rings (SSSR count). The van der Waals surface area contributed by atoms with E-state index in [0.717, 1.165) is 33.7 Å². The van der Waals surface area contributed by atoms with Crippen molar-refractivity contribution in [1.82, 2.24) is 9.47 Å². The Labute approximate surface area is 177 Å². The van der Waals surface area contributed by atoms with E-state index in [9.17, 15) is 22.8 Å². The standard InChI is InChI=1S/C19H19N3O6S2/c1-11-8-13(9-16-18(24)21(19(25)29-16)10-17(23)28-3)12(2)22(11)14-4-6-15(7-5-14)30(20,26)27/h4-9H,10H2,1-3H3,(H2,20,26,27)/b16-9+. The molecule has 2 N–H and O–H groups in total. The fraction of sp³-hybridized carbons (Fsp3) is 0.211. The number of hydrogen-bond donors (Lipinski definition) is 1. The molecule has 2 aromatic rings. The van der Waals surface area contributed by atoms with Crippen molar-refractivity contribution in [2.75, 3.05) is 13.7 Å². The quantitative estimate of drug-likeness (QED) is 0.546. The summed E-state index contributed by atoms with van der Waals surface area (Å²) in [5, 5.41) is 4.60. The van der Waals surface area contributed by atoms with Crippen molar-refractivity contribution < 1.29 is 27.5 Å². The van der Waals surface area contributed by atoms with Crippen LogP contribution in [0.1, 0.15) is 17.0 Å². The van der Waals surface area contributed by atoms with Gasteiger partial charge in [0.2, 0.25) is 10.0 Å². The highest BCUT2D eigenvalue weighted by Crippen LogP contribution is 2.33. The maximum atomic E-state index is 12.5. The maximum Gasteiger partial charge on any atom is 0.325 e. The first-order valence-electron chi connectivity index (χ1n) is 8.67. The zero-order valence-corrected chi connectivity index (χ0v) is 18.0. The molecule has 158 valence electrons. The summed E-state index contributed by atoms with van der Waals surface area (Å²) < 4.78 is 29.3. The third-order valence-corrected chi connectivity index (χ3v) is 6.41. The zero-order chi connectivity index (χ0) is 22.2. The molecule has 1 aromatic heterocycles. The maximum absolute atomic E-state index is 12.5. The van der Waals surface area contributed by atoms with Crippen LogP contribution in [0.25, 0.3) is 11.8 Å². The number of carbonyl (C=O) groups is 3. The minimum atomic E-state index is -3.79. The lowest BCUT2D eigenvalue weighted by atomic mass is 10.2. The van der Waals surface area contributed by atoms with Gasteiger partial charge < -0.3 is 9.30 Å². The molecule has 1 aromatic carbocycles. The number of methoxy groups -OCH3 is 1. The van der Waals surface area contributed by atoms with Crippen molar-refractivity contribution >= 4 is 45.0 Å². The molecule has 0 spiro atoms.